The Morgan fingerprint density at radius 2 is 1.43 bits per heavy atom. The highest BCUT2D eigenvalue weighted by molar-refractivity contribution is 6.32. The first-order valence-electron chi connectivity index (χ1n) is 8.15. The number of rotatable bonds is 9. The third kappa shape index (κ3) is 5.17. The zero-order valence-corrected chi connectivity index (χ0v) is 16.8. The third-order valence-corrected chi connectivity index (χ3v) is 4.46. The molecule has 0 aromatic heterocycles. The smallest absolute Gasteiger partial charge is 0.151 e. The predicted molar refractivity (Wildman–Crippen MR) is 108 cm³/mol. The second-order valence-corrected chi connectivity index (χ2v) is 6.58. The van der Waals surface area contributed by atoms with Crippen molar-refractivity contribution in [1.82, 2.24) is 0 Å². The summed E-state index contributed by atoms with van der Waals surface area (Å²) in [6.45, 7) is -0.711. The number of benzene rings is 2. The summed E-state index contributed by atoms with van der Waals surface area (Å²) in [4.78, 5) is 0. The van der Waals surface area contributed by atoms with E-state index < -0.39 is 18.8 Å². The van der Waals surface area contributed by atoms with Gasteiger partial charge in [0.25, 0.3) is 0 Å². The molecule has 8 nitrogen and oxygen atoms in total. The molecule has 0 bridgehead atoms. The molecule has 0 heterocycles. The topological polar surface area (TPSA) is 129 Å². The highest BCUT2D eigenvalue weighted by Crippen LogP contribution is 2.36. The van der Waals surface area contributed by atoms with Gasteiger partial charge in [-0.3, -0.25) is 0 Å². The van der Waals surface area contributed by atoms with E-state index in [1.807, 2.05) is 0 Å². The van der Waals surface area contributed by atoms with Crippen molar-refractivity contribution in [2.75, 3.05) is 38.9 Å². The standard InChI is InChI=1S/C18H22Cl2N2O6/c1-25-14-5-17(12(22)3-9(14)19)27-8-13(24)18(7-23)28-15-6-16(26-2)11(21)4-10(15)20/h3-6,13,18,23-24H,7-8,21-22H2,1-2H3. The molecule has 154 valence electrons. The van der Waals surface area contributed by atoms with E-state index in [9.17, 15) is 10.2 Å². The average molecular weight is 433 g/mol. The quantitative estimate of drug-likeness (QED) is 0.444. The van der Waals surface area contributed by atoms with Crippen molar-refractivity contribution in [3.05, 3.63) is 34.3 Å². The molecule has 2 rings (SSSR count). The minimum absolute atomic E-state index is 0.193. The maximum absolute atomic E-state index is 10.4. The maximum Gasteiger partial charge on any atom is 0.151 e. The summed E-state index contributed by atoms with van der Waals surface area (Å²) in [5.41, 5.74) is 12.2. The number of methoxy groups -OCH3 is 2. The molecule has 0 saturated heterocycles. The van der Waals surface area contributed by atoms with Crippen LogP contribution >= 0.6 is 23.2 Å². The Labute approximate surface area is 172 Å². The molecule has 0 radical (unpaired) electrons. The van der Waals surface area contributed by atoms with Gasteiger partial charge in [0.2, 0.25) is 0 Å². The summed E-state index contributed by atoms with van der Waals surface area (Å²) in [6, 6.07) is 5.90. The zero-order chi connectivity index (χ0) is 20.8. The van der Waals surface area contributed by atoms with E-state index >= 15 is 0 Å². The highest BCUT2D eigenvalue weighted by Gasteiger charge is 2.23. The van der Waals surface area contributed by atoms with Gasteiger partial charge in [-0.15, -0.1) is 0 Å². The Kier molecular flexibility index (Phi) is 7.70. The lowest BCUT2D eigenvalue weighted by molar-refractivity contribution is -0.0201. The predicted octanol–water partition coefficient (Wildman–Crippen LogP) is 2.35. The van der Waals surface area contributed by atoms with Crippen molar-refractivity contribution in [3.63, 3.8) is 0 Å². The number of nitrogen functional groups attached to an aromatic ring is 2. The van der Waals surface area contributed by atoms with E-state index in [2.05, 4.69) is 0 Å². The molecule has 2 atom stereocenters. The minimum atomic E-state index is -1.20. The van der Waals surface area contributed by atoms with Crippen LogP contribution in [-0.2, 0) is 0 Å². The van der Waals surface area contributed by atoms with Crippen molar-refractivity contribution in [2.24, 2.45) is 0 Å². The number of halogens is 2. The molecule has 0 amide bonds. The fourth-order valence-electron chi connectivity index (χ4n) is 2.33. The van der Waals surface area contributed by atoms with Gasteiger partial charge in [-0.2, -0.15) is 0 Å². The summed E-state index contributed by atoms with van der Waals surface area (Å²) in [6.07, 6.45) is -2.23. The fraction of sp³-hybridized carbons (Fsp3) is 0.333. The Hall–Kier alpha value is -2.26. The Balaban J connectivity index is 2.09. The van der Waals surface area contributed by atoms with Gasteiger partial charge in [0, 0.05) is 12.1 Å². The first-order valence-corrected chi connectivity index (χ1v) is 8.90. The molecule has 2 unspecified atom stereocenters. The van der Waals surface area contributed by atoms with Crippen molar-refractivity contribution < 1.29 is 29.2 Å². The SMILES string of the molecule is COc1cc(OC(CO)C(O)COc2cc(OC)c(Cl)cc2N)c(Cl)cc1N. The van der Waals surface area contributed by atoms with Crippen LogP contribution in [0.15, 0.2) is 24.3 Å². The van der Waals surface area contributed by atoms with Crippen LogP contribution in [0, 0.1) is 0 Å². The van der Waals surface area contributed by atoms with Gasteiger partial charge in [-0.1, -0.05) is 23.2 Å². The summed E-state index contributed by atoms with van der Waals surface area (Å²) in [7, 11) is 2.90. The molecule has 10 heteroatoms. The number of anilines is 2. The van der Waals surface area contributed by atoms with Gasteiger partial charge >= 0.3 is 0 Å². The highest BCUT2D eigenvalue weighted by atomic mass is 35.5. The van der Waals surface area contributed by atoms with Crippen LogP contribution in [-0.4, -0.2) is 49.9 Å². The van der Waals surface area contributed by atoms with Crippen LogP contribution in [0.5, 0.6) is 23.0 Å². The van der Waals surface area contributed by atoms with Gasteiger partial charge in [0.15, 0.2) is 6.10 Å². The van der Waals surface area contributed by atoms with Crippen molar-refractivity contribution in [1.29, 1.82) is 0 Å². The van der Waals surface area contributed by atoms with Gasteiger partial charge < -0.3 is 40.6 Å². The van der Waals surface area contributed by atoms with E-state index in [1.54, 1.807) is 0 Å². The Bertz CT molecular complexity index is 821. The van der Waals surface area contributed by atoms with Gasteiger partial charge in [0.1, 0.15) is 35.7 Å². The summed E-state index contributed by atoms with van der Waals surface area (Å²) < 4.78 is 21.4. The summed E-state index contributed by atoms with van der Waals surface area (Å²) in [5.74, 6) is 1.18. The summed E-state index contributed by atoms with van der Waals surface area (Å²) in [5, 5.41) is 20.5. The Morgan fingerprint density at radius 1 is 0.893 bits per heavy atom. The molecule has 6 N–H and O–H groups in total. The Morgan fingerprint density at radius 3 is 2.00 bits per heavy atom. The number of nitrogens with two attached hydrogens (primary N) is 2. The first kappa shape index (κ1) is 22.0. The lowest BCUT2D eigenvalue weighted by atomic mass is 10.2. The van der Waals surface area contributed by atoms with Crippen molar-refractivity contribution >= 4 is 34.6 Å². The first-order chi connectivity index (χ1) is 13.3. The molecule has 0 fully saturated rings. The van der Waals surface area contributed by atoms with Gasteiger partial charge in [-0.05, 0) is 12.1 Å². The molecule has 0 saturated carbocycles. The maximum atomic E-state index is 10.4. The normalized spacial score (nSPS) is 12.9. The molecule has 0 aliphatic carbocycles. The largest absolute Gasteiger partial charge is 0.495 e. The van der Waals surface area contributed by atoms with E-state index in [-0.39, 0.29) is 28.8 Å². The van der Waals surface area contributed by atoms with E-state index in [0.717, 1.165) is 0 Å². The lowest BCUT2D eigenvalue weighted by Gasteiger charge is -2.24. The molecular weight excluding hydrogens is 411 g/mol. The molecule has 2 aromatic carbocycles. The second-order valence-electron chi connectivity index (χ2n) is 5.77. The van der Waals surface area contributed by atoms with Crippen molar-refractivity contribution in [3.8, 4) is 23.0 Å². The van der Waals surface area contributed by atoms with Crippen LogP contribution in [0.4, 0.5) is 11.4 Å². The number of hydrogen-bond donors (Lipinski definition) is 4. The van der Waals surface area contributed by atoms with E-state index in [0.29, 0.717) is 22.2 Å². The molecule has 28 heavy (non-hydrogen) atoms. The van der Waals surface area contributed by atoms with Gasteiger partial charge in [0.05, 0.1) is 42.2 Å². The van der Waals surface area contributed by atoms with Crippen LogP contribution in [0.2, 0.25) is 10.0 Å². The van der Waals surface area contributed by atoms with Crippen LogP contribution in [0.1, 0.15) is 0 Å². The number of hydrogen-bond acceptors (Lipinski definition) is 8. The van der Waals surface area contributed by atoms with Crippen molar-refractivity contribution in [2.45, 2.75) is 12.2 Å². The minimum Gasteiger partial charge on any atom is -0.495 e. The van der Waals surface area contributed by atoms with E-state index in [4.69, 9.17) is 53.6 Å². The molecule has 0 aliphatic heterocycles. The van der Waals surface area contributed by atoms with Crippen LogP contribution in [0.25, 0.3) is 0 Å². The molecule has 2 aromatic rings. The molecular formula is C18H22Cl2N2O6. The zero-order valence-electron chi connectivity index (χ0n) is 15.3. The second kappa shape index (κ2) is 9.79. The fourth-order valence-corrected chi connectivity index (χ4v) is 2.80. The average Bonchev–Trinajstić information content (AvgIpc) is 2.66. The van der Waals surface area contributed by atoms with Crippen LogP contribution in [0.3, 0.4) is 0 Å². The number of aliphatic hydroxyl groups excluding tert-OH is 2. The van der Waals surface area contributed by atoms with Crippen LogP contribution < -0.4 is 30.4 Å². The molecule has 0 aliphatic rings. The van der Waals surface area contributed by atoms with E-state index in [1.165, 1.54) is 38.5 Å². The summed E-state index contributed by atoms with van der Waals surface area (Å²) >= 11 is 12.1. The monoisotopic (exact) mass is 432 g/mol. The number of aliphatic hydroxyl groups is 2. The van der Waals surface area contributed by atoms with Gasteiger partial charge in [-0.25, -0.2) is 0 Å². The lowest BCUT2D eigenvalue weighted by Crippen LogP contribution is -2.39. The third-order valence-electron chi connectivity index (χ3n) is 3.87. The number of ether oxygens (including phenoxy) is 4. The molecule has 0 spiro atoms.